The van der Waals surface area contributed by atoms with E-state index in [9.17, 15) is 4.79 Å². The third-order valence-electron chi connectivity index (χ3n) is 2.12. The number of nitrogens with zero attached hydrogens (tertiary/aromatic N) is 1. The molecule has 1 N–H and O–H groups in total. The molecule has 0 saturated carbocycles. The SMILES string of the molecule is CCOC(=O)Cc1cc2[nH]ccc2cn1. The molecule has 0 unspecified atom stereocenters. The van der Waals surface area contributed by atoms with Crippen molar-refractivity contribution in [3.63, 3.8) is 0 Å². The van der Waals surface area contributed by atoms with Crippen LogP contribution in [0.15, 0.2) is 24.5 Å². The standard InChI is InChI=1S/C11H12N2O2/c1-2-15-11(14)6-9-5-10-8(7-13-9)3-4-12-10/h3-5,7,12H,2,6H2,1H3. The number of hydrogen-bond donors (Lipinski definition) is 1. The van der Waals surface area contributed by atoms with E-state index in [-0.39, 0.29) is 12.4 Å². The fraction of sp³-hybridized carbons (Fsp3) is 0.273. The molecule has 0 amide bonds. The first-order chi connectivity index (χ1) is 7.29. The minimum absolute atomic E-state index is 0.225. The summed E-state index contributed by atoms with van der Waals surface area (Å²) < 4.78 is 4.85. The van der Waals surface area contributed by atoms with Crippen molar-refractivity contribution < 1.29 is 9.53 Å². The Morgan fingerprint density at radius 2 is 2.47 bits per heavy atom. The Morgan fingerprint density at radius 1 is 1.60 bits per heavy atom. The first kappa shape index (κ1) is 9.71. The van der Waals surface area contributed by atoms with Crippen molar-refractivity contribution in [2.45, 2.75) is 13.3 Å². The van der Waals surface area contributed by atoms with E-state index >= 15 is 0 Å². The fourth-order valence-electron chi connectivity index (χ4n) is 1.44. The number of hydrogen-bond acceptors (Lipinski definition) is 3. The lowest BCUT2D eigenvalue weighted by Crippen LogP contribution is -2.08. The van der Waals surface area contributed by atoms with Gasteiger partial charge in [0, 0.05) is 23.3 Å². The van der Waals surface area contributed by atoms with E-state index in [1.807, 2.05) is 18.3 Å². The first-order valence-electron chi connectivity index (χ1n) is 4.87. The lowest BCUT2D eigenvalue weighted by Gasteiger charge is -2.01. The molecule has 2 rings (SSSR count). The van der Waals surface area contributed by atoms with Gasteiger partial charge in [0.25, 0.3) is 0 Å². The maximum Gasteiger partial charge on any atom is 0.311 e. The van der Waals surface area contributed by atoms with Gasteiger partial charge < -0.3 is 9.72 Å². The van der Waals surface area contributed by atoms with Gasteiger partial charge in [-0.2, -0.15) is 0 Å². The minimum atomic E-state index is -0.240. The molecule has 0 saturated heterocycles. The highest BCUT2D eigenvalue weighted by atomic mass is 16.5. The van der Waals surface area contributed by atoms with E-state index in [1.165, 1.54) is 0 Å². The quantitative estimate of drug-likeness (QED) is 0.774. The average Bonchev–Trinajstić information content (AvgIpc) is 2.65. The summed E-state index contributed by atoms with van der Waals surface area (Å²) >= 11 is 0. The Labute approximate surface area is 87.3 Å². The maximum absolute atomic E-state index is 11.2. The topological polar surface area (TPSA) is 55.0 Å². The summed E-state index contributed by atoms with van der Waals surface area (Å²) in [4.78, 5) is 18.5. The Kier molecular flexibility index (Phi) is 2.67. The van der Waals surface area contributed by atoms with E-state index in [1.54, 1.807) is 13.1 Å². The van der Waals surface area contributed by atoms with Gasteiger partial charge in [0.05, 0.1) is 18.7 Å². The zero-order valence-electron chi connectivity index (χ0n) is 8.49. The van der Waals surface area contributed by atoms with E-state index in [0.29, 0.717) is 6.61 Å². The van der Waals surface area contributed by atoms with Crippen molar-refractivity contribution >= 4 is 16.9 Å². The van der Waals surface area contributed by atoms with Crippen LogP contribution in [0.25, 0.3) is 10.9 Å². The van der Waals surface area contributed by atoms with Gasteiger partial charge in [-0.3, -0.25) is 9.78 Å². The molecule has 0 radical (unpaired) electrons. The summed E-state index contributed by atoms with van der Waals surface area (Å²) in [5, 5.41) is 1.04. The molecule has 0 aromatic carbocycles. The van der Waals surface area contributed by atoms with Crippen molar-refractivity contribution in [2.24, 2.45) is 0 Å². The maximum atomic E-state index is 11.2. The van der Waals surface area contributed by atoms with Gasteiger partial charge in [-0.25, -0.2) is 0 Å². The number of aromatic nitrogens is 2. The zero-order valence-corrected chi connectivity index (χ0v) is 8.49. The molecule has 0 bridgehead atoms. The van der Waals surface area contributed by atoms with Crippen molar-refractivity contribution in [2.75, 3.05) is 6.61 Å². The molecule has 4 nitrogen and oxygen atoms in total. The van der Waals surface area contributed by atoms with Gasteiger partial charge in [0.2, 0.25) is 0 Å². The summed E-state index contributed by atoms with van der Waals surface area (Å²) in [7, 11) is 0. The van der Waals surface area contributed by atoms with Gasteiger partial charge in [-0.05, 0) is 19.1 Å². The molecule has 15 heavy (non-hydrogen) atoms. The largest absolute Gasteiger partial charge is 0.466 e. The van der Waals surface area contributed by atoms with Crippen LogP contribution >= 0.6 is 0 Å². The van der Waals surface area contributed by atoms with Gasteiger partial charge >= 0.3 is 5.97 Å². The number of carbonyl (C=O) groups is 1. The van der Waals surface area contributed by atoms with E-state index < -0.39 is 0 Å². The molecule has 0 aliphatic rings. The molecule has 78 valence electrons. The molecule has 0 atom stereocenters. The van der Waals surface area contributed by atoms with Crippen LogP contribution in [0.2, 0.25) is 0 Å². The molecule has 2 aromatic heterocycles. The number of nitrogens with one attached hydrogen (secondary N) is 1. The van der Waals surface area contributed by atoms with Gasteiger partial charge in [-0.1, -0.05) is 0 Å². The highest BCUT2D eigenvalue weighted by molar-refractivity contribution is 5.80. The summed E-state index contributed by atoms with van der Waals surface area (Å²) in [5.41, 5.74) is 1.72. The zero-order chi connectivity index (χ0) is 10.7. The second-order valence-corrected chi connectivity index (χ2v) is 3.22. The van der Waals surface area contributed by atoms with Crippen LogP contribution in [0.1, 0.15) is 12.6 Å². The number of rotatable bonds is 3. The summed E-state index contributed by atoms with van der Waals surface area (Å²) in [6.07, 6.45) is 3.82. The second kappa shape index (κ2) is 4.13. The lowest BCUT2D eigenvalue weighted by atomic mass is 10.2. The van der Waals surface area contributed by atoms with Crippen LogP contribution < -0.4 is 0 Å². The predicted octanol–water partition coefficient (Wildman–Crippen LogP) is 1.67. The van der Waals surface area contributed by atoms with Gasteiger partial charge in [0.1, 0.15) is 0 Å². The number of H-pyrrole nitrogens is 1. The van der Waals surface area contributed by atoms with Crippen LogP contribution in [-0.4, -0.2) is 22.5 Å². The molecule has 4 heteroatoms. The third-order valence-corrected chi connectivity index (χ3v) is 2.12. The molecule has 0 aliphatic carbocycles. The minimum Gasteiger partial charge on any atom is -0.466 e. The van der Waals surface area contributed by atoms with Crippen LogP contribution in [0, 0.1) is 0 Å². The Morgan fingerprint density at radius 3 is 3.27 bits per heavy atom. The van der Waals surface area contributed by atoms with Crippen molar-refractivity contribution in [3.05, 3.63) is 30.2 Å². The highest BCUT2D eigenvalue weighted by Gasteiger charge is 2.05. The Balaban J connectivity index is 2.17. The summed E-state index contributed by atoms with van der Waals surface area (Å²) in [6, 6.07) is 3.81. The van der Waals surface area contributed by atoms with Crippen molar-refractivity contribution in [3.8, 4) is 0 Å². The highest BCUT2D eigenvalue weighted by Crippen LogP contribution is 2.11. The number of aromatic amines is 1. The predicted molar refractivity (Wildman–Crippen MR) is 56.4 cm³/mol. The van der Waals surface area contributed by atoms with Gasteiger partial charge in [-0.15, -0.1) is 0 Å². The van der Waals surface area contributed by atoms with Crippen LogP contribution in [0.4, 0.5) is 0 Å². The number of esters is 1. The van der Waals surface area contributed by atoms with Crippen LogP contribution in [-0.2, 0) is 16.0 Å². The molecule has 2 heterocycles. The van der Waals surface area contributed by atoms with Crippen molar-refractivity contribution in [1.82, 2.24) is 9.97 Å². The number of fused-ring (bicyclic) bond motifs is 1. The molecule has 0 spiro atoms. The Hall–Kier alpha value is -1.84. The molecule has 2 aromatic rings. The molecular weight excluding hydrogens is 192 g/mol. The average molecular weight is 204 g/mol. The monoisotopic (exact) mass is 204 g/mol. The van der Waals surface area contributed by atoms with Gasteiger partial charge in [0.15, 0.2) is 0 Å². The fourth-order valence-corrected chi connectivity index (χ4v) is 1.44. The molecule has 0 aliphatic heterocycles. The summed E-state index contributed by atoms with van der Waals surface area (Å²) in [5.74, 6) is -0.240. The van der Waals surface area contributed by atoms with Crippen LogP contribution in [0.3, 0.4) is 0 Å². The summed E-state index contributed by atoms with van der Waals surface area (Å²) in [6.45, 7) is 2.20. The third kappa shape index (κ3) is 2.15. The Bertz CT molecular complexity index is 476. The van der Waals surface area contributed by atoms with E-state index in [0.717, 1.165) is 16.6 Å². The van der Waals surface area contributed by atoms with E-state index in [2.05, 4.69) is 9.97 Å². The molecular formula is C11H12N2O2. The van der Waals surface area contributed by atoms with Crippen molar-refractivity contribution in [1.29, 1.82) is 0 Å². The number of pyridine rings is 1. The van der Waals surface area contributed by atoms with E-state index in [4.69, 9.17) is 4.74 Å². The molecule has 0 fully saturated rings. The number of carbonyl (C=O) groups excluding carboxylic acids is 1. The first-order valence-corrected chi connectivity index (χ1v) is 4.87. The number of ether oxygens (including phenoxy) is 1. The smallest absolute Gasteiger partial charge is 0.311 e. The lowest BCUT2D eigenvalue weighted by molar-refractivity contribution is -0.142. The second-order valence-electron chi connectivity index (χ2n) is 3.22. The van der Waals surface area contributed by atoms with Crippen LogP contribution in [0.5, 0.6) is 0 Å². The normalized spacial score (nSPS) is 10.5.